The first-order valence-electron chi connectivity index (χ1n) is 4.19. The van der Waals surface area contributed by atoms with Crippen molar-refractivity contribution in [3.63, 3.8) is 0 Å². The van der Waals surface area contributed by atoms with Crippen LogP contribution < -0.4 is 11.1 Å². The molecule has 0 aromatic carbocycles. The summed E-state index contributed by atoms with van der Waals surface area (Å²) in [5.74, 6) is 0.765. The molecule has 0 radical (unpaired) electrons. The Bertz CT molecular complexity index is 109. The third kappa shape index (κ3) is 4.80. The van der Waals surface area contributed by atoms with Gasteiger partial charge in [0.15, 0.2) is 0 Å². The van der Waals surface area contributed by atoms with E-state index >= 15 is 0 Å². The van der Waals surface area contributed by atoms with Crippen LogP contribution in [0.2, 0.25) is 0 Å². The predicted octanol–water partition coefficient (Wildman–Crippen LogP) is 1.88. The van der Waals surface area contributed by atoms with E-state index in [9.17, 15) is 0 Å². The number of rotatable bonds is 2. The second kappa shape index (κ2) is 7.30. The molecule has 4 heteroatoms. The van der Waals surface area contributed by atoms with Crippen molar-refractivity contribution in [2.75, 3.05) is 6.54 Å². The van der Waals surface area contributed by atoms with Crippen LogP contribution in [0.4, 0.5) is 0 Å². The highest BCUT2D eigenvalue weighted by Crippen LogP contribution is 2.12. The molecule has 1 aliphatic rings. The maximum Gasteiger partial charge on any atom is 0.0221 e. The van der Waals surface area contributed by atoms with E-state index in [1.165, 1.54) is 6.42 Å². The van der Waals surface area contributed by atoms with Gasteiger partial charge in [0.1, 0.15) is 0 Å². The average Bonchev–Trinajstić information content (AvgIpc) is 2.15. The molecule has 1 fully saturated rings. The molecule has 3 N–H and O–H groups in total. The Labute approximate surface area is 96.2 Å². The summed E-state index contributed by atoms with van der Waals surface area (Å²) in [6, 6.07) is 0.988. The van der Waals surface area contributed by atoms with Gasteiger partial charge in [0, 0.05) is 12.1 Å². The van der Waals surface area contributed by atoms with Crippen LogP contribution in [0.1, 0.15) is 26.7 Å². The highest BCUT2D eigenvalue weighted by molar-refractivity contribution is 8.93. The normalized spacial score (nSPS) is 28.0. The van der Waals surface area contributed by atoms with Gasteiger partial charge in [-0.1, -0.05) is 13.8 Å². The van der Waals surface area contributed by atoms with Crippen LogP contribution in [-0.4, -0.2) is 18.6 Å². The smallest absolute Gasteiger partial charge is 0.0221 e. The van der Waals surface area contributed by atoms with Crippen molar-refractivity contribution in [2.45, 2.75) is 38.8 Å². The third-order valence-corrected chi connectivity index (χ3v) is 2.13. The van der Waals surface area contributed by atoms with E-state index in [1.54, 1.807) is 0 Å². The highest BCUT2D eigenvalue weighted by Gasteiger charge is 2.23. The third-order valence-electron chi connectivity index (χ3n) is 2.13. The molecule has 0 aliphatic carbocycles. The van der Waals surface area contributed by atoms with Gasteiger partial charge in [-0.15, -0.1) is 34.0 Å². The minimum Gasteiger partial charge on any atom is -0.326 e. The number of halogens is 2. The van der Waals surface area contributed by atoms with E-state index in [2.05, 4.69) is 19.2 Å². The van der Waals surface area contributed by atoms with E-state index in [-0.39, 0.29) is 34.0 Å². The van der Waals surface area contributed by atoms with Gasteiger partial charge in [0.05, 0.1) is 0 Å². The van der Waals surface area contributed by atoms with Crippen molar-refractivity contribution in [3.05, 3.63) is 0 Å². The van der Waals surface area contributed by atoms with Crippen molar-refractivity contribution >= 4 is 34.0 Å². The first kappa shape index (κ1) is 15.4. The summed E-state index contributed by atoms with van der Waals surface area (Å²) in [6.45, 7) is 5.60. The molecule has 0 spiro atoms. The summed E-state index contributed by atoms with van der Waals surface area (Å²) in [5, 5.41) is 3.41. The van der Waals surface area contributed by atoms with E-state index in [4.69, 9.17) is 5.73 Å². The first-order chi connectivity index (χ1) is 4.70. The van der Waals surface area contributed by atoms with Crippen molar-refractivity contribution < 1.29 is 0 Å². The predicted molar refractivity (Wildman–Crippen MR) is 64.5 cm³/mol. The SMILES string of the molecule is Br.Br.CC(C)C[C@@H]1NCC[C@@H]1N. The van der Waals surface area contributed by atoms with E-state index in [1.807, 2.05) is 0 Å². The van der Waals surface area contributed by atoms with Crippen molar-refractivity contribution in [1.82, 2.24) is 5.32 Å². The summed E-state index contributed by atoms with van der Waals surface area (Å²) in [5.41, 5.74) is 5.86. The summed E-state index contributed by atoms with van der Waals surface area (Å²) >= 11 is 0. The molecule has 0 saturated carbocycles. The minimum atomic E-state index is 0. The lowest BCUT2D eigenvalue weighted by molar-refractivity contribution is 0.432. The molecule has 2 nitrogen and oxygen atoms in total. The summed E-state index contributed by atoms with van der Waals surface area (Å²) in [7, 11) is 0. The molecule has 12 heavy (non-hydrogen) atoms. The Morgan fingerprint density at radius 3 is 2.33 bits per heavy atom. The van der Waals surface area contributed by atoms with Gasteiger partial charge in [0.2, 0.25) is 0 Å². The zero-order chi connectivity index (χ0) is 7.56. The molecule has 1 rings (SSSR count). The largest absolute Gasteiger partial charge is 0.326 e. The molecular formula is C8H20Br2N2. The number of hydrogen-bond donors (Lipinski definition) is 2. The van der Waals surface area contributed by atoms with Crippen LogP contribution in [0.15, 0.2) is 0 Å². The lowest BCUT2D eigenvalue weighted by Crippen LogP contribution is -2.37. The maximum absolute atomic E-state index is 5.86. The monoisotopic (exact) mass is 302 g/mol. The molecule has 1 saturated heterocycles. The zero-order valence-corrected chi connectivity index (χ0v) is 11.2. The Hall–Kier alpha value is 0.880. The van der Waals surface area contributed by atoms with Gasteiger partial charge in [0.25, 0.3) is 0 Å². The molecule has 0 aromatic heterocycles. The van der Waals surface area contributed by atoms with Gasteiger partial charge in [-0.3, -0.25) is 0 Å². The molecule has 0 aromatic rings. The highest BCUT2D eigenvalue weighted by atomic mass is 79.9. The first-order valence-corrected chi connectivity index (χ1v) is 4.19. The Morgan fingerprint density at radius 2 is 2.00 bits per heavy atom. The molecular weight excluding hydrogens is 284 g/mol. The van der Waals surface area contributed by atoms with Crippen LogP contribution in [0.3, 0.4) is 0 Å². The van der Waals surface area contributed by atoms with Gasteiger partial charge in [-0.2, -0.15) is 0 Å². The standard InChI is InChI=1S/C8H18N2.2BrH/c1-6(2)5-8-7(9)3-4-10-8;;/h6-8,10H,3-5,9H2,1-2H3;2*1H/t7-,8-;;/m0../s1. The summed E-state index contributed by atoms with van der Waals surface area (Å²) in [4.78, 5) is 0. The fourth-order valence-corrected chi connectivity index (χ4v) is 1.55. The lowest BCUT2D eigenvalue weighted by atomic mass is 10.00. The van der Waals surface area contributed by atoms with Gasteiger partial charge < -0.3 is 11.1 Å². The maximum atomic E-state index is 5.86. The minimum absolute atomic E-state index is 0. The summed E-state index contributed by atoms with van der Waals surface area (Å²) in [6.07, 6.45) is 2.37. The van der Waals surface area contributed by atoms with Crippen molar-refractivity contribution in [2.24, 2.45) is 11.7 Å². The van der Waals surface area contributed by atoms with Crippen LogP contribution >= 0.6 is 34.0 Å². The average molecular weight is 304 g/mol. The topological polar surface area (TPSA) is 38.0 Å². The second-order valence-corrected chi connectivity index (χ2v) is 3.64. The molecule has 0 amide bonds. The molecule has 1 aliphatic heterocycles. The number of nitrogens with two attached hydrogens (primary N) is 1. The second-order valence-electron chi connectivity index (χ2n) is 3.64. The van der Waals surface area contributed by atoms with Crippen LogP contribution in [-0.2, 0) is 0 Å². The molecule has 76 valence electrons. The van der Waals surface area contributed by atoms with E-state index < -0.39 is 0 Å². The zero-order valence-electron chi connectivity index (χ0n) is 7.75. The molecule has 0 bridgehead atoms. The Balaban J connectivity index is 0. The lowest BCUT2D eigenvalue weighted by Gasteiger charge is -2.17. The number of nitrogens with one attached hydrogen (secondary N) is 1. The fraction of sp³-hybridized carbons (Fsp3) is 1.00. The van der Waals surface area contributed by atoms with Crippen LogP contribution in [0, 0.1) is 5.92 Å². The van der Waals surface area contributed by atoms with Crippen LogP contribution in [0.5, 0.6) is 0 Å². The molecule has 0 unspecified atom stereocenters. The Kier molecular flexibility index (Phi) is 9.34. The Morgan fingerprint density at radius 1 is 1.42 bits per heavy atom. The van der Waals surface area contributed by atoms with Crippen molar-refractivity contribution in [3.8, 4) is 0 Å². The molecule has 2 atom stereocenters. The van der Waals surface area contributed by atoms with E-state index in [0.717, 1.165) is 18.9 Å². The van der Waals surface area contributed by atoms with Gasteiger partial charge in [-0.25, -0.2) is 0 Å². The van der Waals surface area contributed by atoms with Crippen LogP contribution in [0.25, 0.3) is 0 Å². The quantitative estimate of drug-likeness (QED) is 0.817. The van der Waals surface area contributed by atoms with Crippen molar-refractivity contribution in [1.29, 1.82) is 0 Å². The fourth-order valence-electron chi connectivity index (χ4n) is 1.55. The van der Waals surface area contributed by atoms with E-state index in [0.29, 0.717) is 12.1 Å². The van der Waals surface area contributed by atoms with Gasteiger partial charge >= 0.3 is 0 Å². The molecule has 1 heterocycles. The summed E-state index contributed by atoms with van der Waals surface area (Å²) < 4.78 is 0. The number of hydrogen-bond acceptors (Lipinski definition) is 2. The van der Waals surface area contributed by atoms with Gasteiger partial charge in [-0.05, 0) is 25.3 Å².